The molecule has 3 nitrogen and oxygen atoms in total. The van der Waals surface area contributed by atoms with Gasteiger partial charge in [-0.2, -0.15) is 0 Å². The molecule has 28 heavy (non-hydrogen) atoms. The summed E-state index contributed by atoms with van der Waals surface area (Å²) in [6.07, 6.45) is 15.0. The van der Waals surface area contributed by atoms with Crippen molar-refractivity contribution in [2.24, 2.45) is 0 Å². The van der Waals surface area contributed by atoms with Crippen molar-refractivity contribution in [3.05, 3.63) is 36.9 Å². The quantitative estimate of drug-likeness (QED) is 0.260. The standard InChI is InChI=1S/C25H42N2O/c1-3-5-7-9-10-12-18-26-19-21-27(22-20-26)24-14-16-25(17-15-24)28-23-13-11-8-6-4-2/h4,14-17H,2-3,5-13,18-23H2,1H3. The van der Waals surface area contributed by atoms with Gasteiger partial charge in [0, 0.05) is 31.9 Å². The fourth-order valence-electron chi connectivity index (χ4n) is 3.86. The van der Waals surface area contributed by atoms with Crippen molar-refractivity contribution in [1.29, 1.82) is 0 Å². The normalized spacial score (nSPS) is 15.0. The summed E-state index contributed by atoms with van der Waals surface area (Å²) < 4.78 is 5.87. The van der Waals surface area contributed by atoms with Crippen LogP contribution in [-0.2, 0) is 0 Å². The van der Waals surface area contributed by atoms with Crippen LogP contribution < -0.4 is 9.64 Å². The van der Waals surface area contributed by atoms with Gasteiger partial charge in [-0.1, -0.05) is 45.1 Å². The van der Waals surface area contributed by atoms with Crippen LogP contribution in [0.4, 0.5) is 5.69 Å². The maximum atomic E-state index is 5.87. The molecule has 158 valence electrons. The zero-order chi connectivity index (χ0) is 19.9. The molecule has 1 aliphatic heterocycles. The van der Waals surface area contributed by atoms with E-state index in [1.54, 1.807) is 0 Å². The van der Waals surface area contributed by atoms with E-state index >= 15 is 0 Å². The maximum absolute atomic E-state index is 5.87. The van der Waals surface area contributed by atoms with Gasteiger partial charge in [0.15, 0.2) is 0 Å². The largest absolute Gasteiger partial charge is 0.494 e. The molecule has 0 aromatic heterocycles. The summed E-state index contributed by atoms with van der Waals surface area (Å²) in [5.41, 5.74) is 1.33. The molecule has 0 amide bonds. The average Bonchev–Trinajstić information content (AvgIpc) is 2.74. The molecule has 1 fully saturated rings. The van der Waals surface area contributed by atoms with Crippen LogP contribution in [0.2, 0.25) is 0 Å². The number of anilines is 1. The smallest absolute Gasteiger partial charge is 0.119 e. The van der Waals surface area contributed by atoms with Gasteiger partial charge >= 0.3 is 0 Å². The first kappa shape index (κ1) is 22.8. The lowest BCUT2D eigenvalue weighted by atomic mass is 10.1. The van der Waals surface area contributed by atoms with Crippen LogP contribution >= 0.6 is 0 Å². The maximum Gasteiger partial charge on any atom is 0.119 e. The summed E-state index contributed by atoms with van der Waals surface area (Å²) >= 11 is 0. The van der Waals surface area contributed by atoms with Gasteiger partial charge in [-0.25, -0.2) is 0 Å². The van der Waals surface area contributed by atoms with E-state index in [1.807, 2.05) is 6.08 Å². The van der Waals surface area contributed by atoms with Gasteiger partial charge in [0.2, 0.25) is 0 Å². The van der Waals surface area contributed by atoms with Crippen LogP contribution in [0.5, 0.6) is 5.75 Å². The zero-order valence-electron chi connectivity index (χ0n) is 18.2. The molecule has 1 saturated heterocycles. The Balaban J connectivity index is 1.58. The number of hydrogen-bond donors (Lipinski definition) is 0. The minimum absolute atomic E-state index is 0.813. The van der Waals surface area contributed by atoms with E-state index < -0.39 is 0 Å². The van der Waals surface area contributed by atoms with Crippen molar-refractivity contribution in [3.63, 3.8) is 0 Å². The molecule has 1 heterocycles. The van der Waals surface area contributed by atoms with Crippen LogP contribution in [0.1, 0.15) is 71.1 Å². The molecule has 0 spiro atoms. The van der Waals surface area contributed by atoms with Gasteiger partial charge in [-0.05, 0) is 62.9 Å². The zero-order valence-corrected chi connectivity index (χ0v) is 18.2. The first-order chi connectivity index (χ1) is 13.8. The highest BCUT2D eigenvalue weighted by atomic mass is 16.5. The number of allylic oxidation sites excluding steroid dienone is 1. The van der Waals surface area contributed by atoms with E-state index in [2.05, 4.69) is 47.6 Å². The Labute approximate surface area is 173 Å². The predicted octanol–water partition coefficient (Wildman–Crippen LogP) is 6.29. The summed E-state index contributed by atoms with van der Waals surface area (Å²) in [5, 5.41) is 0. The number of rotatable bonds is 15. The Morgan fingerprint density at radius 3 is 2.25 bits per heavy atom. The fraction of sp³-hybridized carbons (Fsp3) is 0.680. The van der Waals surface area contributed by atoms with Gasteiger partial charge < -0.3 is 9.64 Å². The molecule has 0 aliphatic carbocycles. The molecule has 1 aliphatic rings. The minimum atomic E-state index is 0.813. The third kappa shape index (κ3) is 9.14. The van der Waals surface area contributed by atoms with Gasteiger partial charge in [-0.15, -0.1) is 6.58 Å². The lowest BCUT2D eigenvalue weighted by Crippen LogP contribution is -2.46. The second-order valence-corrected chi connectivity index (χ2v) is 8.08. The first-order valence-corrected chi connectivity index (χ1v) is 11.6. The van der Waals surface area contributed by atoms with Crippen molar-refractivity contribution >= 4 is 5.69 Å². The molecular weight excluding hydrogens is 344 g/mol. The second kappa shape index (κ2) is 14.5. The fourth-order valence-corrected chi connectivity index (χ4v) is 3.86. The molecular formula is C25H42N2O. The summed E-state index contributed by atoms with van der Waals surface area (Å²) in [6, 6.07) is 8.69. The number of unbranched alkanes of at least 4 members (excludes halogenated alkanes) is 8. The molecule has 0 bridgehead atoms. The Bertz CT molecular complexity index is 506. The predicted molar refractivity (Wildman–Crippen MR) is 123 cm³/mol. The van der Waals surface area contributed by atoms with Crippen LogP contribution in [0.3, 0.4) is 0 Å². The topological polar surface area (TPSA) is 15.7 Å². The van der Waals surface area contributed by atoms with E-state index in [9.17, 15) is 0 Å². The number of benzene rings is 1. The van der Waals surface area contributed by atoms with Crippen LogP contribution in [0.25, 0.3) is 0 Å². The van der Waals surface area contributed by atoms with E-state index in [0.29, 0.717) is 0 Å². The highest BCUT2D eigenvalue weighted by Crippen LogP contribution is 2.21. The molecule has 0 atom stereocenters. The van der Waals surface area contributed by atoms with Crippen molar-refractivity contribution in [2.75, 3.05) is 44.2 Å². The number of nitrogens with zero attached hydrogens (tertiary/aromatic N) is 2. The highest BCUT2D eigenvalue weighted by Gasteiger charge is 2.16. The lowest BCUT2D eigenvalue weighted by molar-refractivity contribution is 0.252. The van der Waals surface area contributed by atoms with Crippen LogP contribution in [0.15, 0.2) is 36.9 Å². The molecule has 1 aromatic rings. The summed E-state index contributed by atoms with van der Waals surface area (Å²) in [5.74, 6) is 0.995. The number of ether oxygens (including phenoxy) is 1. The van der Waals surface area contributed by atoms with Crippen molar-refractivity contribution in [3.8, 4) is 5.75 Å². The Morgan fingerprint density at radius 2 is 1.54 bits per heavy atom. The second-order valence-electron chi connectivity index (χ2n) is 8.08. The Morgan fingerprint density at radius 1 is 0.857 bits per heavy atom. The third-order valence-electron chi connectivity index (χ3n) is 5.72. The van der Waals surface area contributed by atoms with E-state index in [-0.39, 0.29) is 0 Å². The third-order valence-corrected chi connectivity index (χ3v) is 5.72. The van der Waals surface area contributed by atoms with Crippen molar-refractivity contribution in [2.45, 2.75) is 71.1 Å². The molecule has 0 saturated carbocycles. The van der Waals surface area contributed by atoms with Crippen LogP contribution in [-0.4, -0.2) is 44.2 Å². The van der Waals surface area contributed by atoms with Crippen molar-refractivity contribution in [1.82, 2.24) is 4.90 Å². The van der Waals surface area contributed by atoms with Gasteiger partial charge in [-0.3, -0.25) is 4.90 Å². The van der Waals surface area contributed by atoms with E-state index in [0.717, 1.165) is 38.3 Å². The molecule has 0 radical (unpaired) electrons. The summed E-state index contributed by atoms with van der Waals surface area (Å²) in [4.78, 5) is 5.15. The number of piperazine rings is 1. The molecule has 0 N–H and O–H groups in total. The summed E-state index contributed by atoms with van der Waals surface area (Å²) in [7, 11) is 0. The lowest BCUT2D eigenvalue weighted by Gasteiger charge is -2.36. The molecule has 0 unspecified atom stereocenters. The first-order valence-electron chi connectivity index (χ1n) is 11.6. The summed E-state index contributed by atoms with van der Waals surface area (Å²) in [6.45, 7) is 12.8. The Hall–Kier alpha value is -1.48. The minimum Gasteiger partial charge on any atom is -0.494 e. The highest BCUT2D eigenvalue weighted by molar-refractivity contribution is 5.49. The Kier molecular flexibility index (Phi) is 11.8. The van der Waals surface area contributed by atoms with Crippen molar-refractivity contribution < 1.29 is 4.74 Å². The molecule has 1 aromatic carbocycles. The SMILES string of the molecule is C=CCCCCCOc1ccc(N2CCN(CCCCCCCC)CC2)cc1. The van der Waals surface area contributed by atoms with Gasteiger partial charge in [0.1, 0.15) is 5.75 Å². The van der Waals surface area contributed by atoms with E-state index in [1.165, 1.54) is 76.7 Å². The molecule has 3 heteroatoms. The molecule has 2 rings (SSSR count). The van der Waals surface area contributed by atoms with Crippen LogP contribution in [0, 0.1) is 0 Å². The number of hydrogen-bond acceptors (Lipinski definition) is 3. The van der Waals surface area contributed by atoms with Gasteiger partial charge in [0.25, 0.3) is 0 Å². The van der Waals surface area contributed by atoms with Gasteiger partial charge in [0.05, 0.1) is 6.61 Å². The monoisotopic (exact) mass is 386 g/mol. The average molecular weight is 387 g/mol. The van der Waals surface area contributed by atoms with E-state index in [4.69, 9.17) is 4.74 Å².